The van der Waals surface area contributed by atoms with E-state index in [-0.39, 0.29) is 0 Å². The van der Waals surface area contributed by atoms with Crippen LogP contribution >= 0.6 is 0 Å². The highest BCUT2D eigenvalue weighted by Crippen LogP contribution is 2.21. The summed E-state index contributed by atoms with van der Waals surface area (Å²) in [5.74, 6) is 0.816. The Morgan fingerprint density at radius 3 is 2.26 bits per heavy atom. The van der Waals surface area contributed by atoms with Crippen LogP contribution in [0.3, 0.4) is 0 Å². The number of ether oxygens (including phenoxy) is 3. The Balaban J connectivity index is 1.47. The summed E-state index contributed by atoms with van der Waals surface area (Å²) in [5.41, 5.74) is 1.42. The van der Waals surface area contributed by atoms with Crippen molar-refractivity contribution in [3.8, 4) is 0 Å². The zero-order valence-electron chi connectivity index (χ0n) is 14.4. The molecule has 1 aliphatic heterocycles. The monoisotopic (exact) mass is 321 g/mol. The van der Waals surface area contributed by atoms with Crippen LogP contribution in [0.4, 0.5) is 0 Å². The van der Waals surface area contributed by atoms with Gasteiger partial charge in [-0.25, -0.2) is 0 Å². The molecule has 1 aromatic carbocycles. The highest BCUT2D eigenvalue weighted by atomic mass is 16.5. The van der Waals surface area contributed by atoms with Crippen LogP contribution in [0.1, 0.15) is 24.8 Å². The van der Waals surface area contributed by atoms with E-state index in [9.17, 15) is 0 Å². The predicted octanol–water partition coefficient (Wildman–Crippen LogP) is 2.97. The van der Waals surface area contributed by atoms with Gasteiger partial charge in [0.1, 0.15) is 0 Å². The lowest BCUT2D eigenvalue weighted by Crippen LogP contribution is -2.33. The molecule has 0 aliphatic carbocycles. The fourth-order valence-corrected chi connectivity index (χ4v) is 2.99. The first-order chi connectivity index (χ1) is 11.4. The van der Waals surface area contributed by atoms with E-state index in [1.807, 2.05) is 0 Å². The molecule has 1 heterocycles. The molecule has 0 saturated carbocycles. The van der Waals surface area contributed by atoms with Crippen molar-refractivity contribution in [1.82, 2.24) is 4.90 Å². The van der Waals surface area contributed by atoms with Crippen LogP contribution in [-0.4, -0.2) is 58.1 Å². The Morgan fingerprint density at radius 1 is 0.913 bits per heavy atom. The molecule has 0 unspecified atom stereocenters. The van der Waals surface area contributed by atoms with E-state index in [2.05, 4.69) is 35.2 Å². The van der Waals surface area contributed by atoms with E-state index in [1.54, 1.807) is 7.11 Å². The Kier molecular flexibility index (Phi) is 9.26. The zero-order chi connectivity index (χ0) is 16.2. The van der Waals surface area contributed by atoms with E-state index in [4.69, 9.17) is 14.2 Å². The predicted molar refractivity (Wildman–Crippen MR) is 92.6 cm³/mol. The first kappa shape index (κ1) is 18.4. The van der Waals surface area contributed by atoms with E-state index in [1.165, 1.54) is 37.9 Å². The summed E-state index contributed by atoms with van der Waals surface area (Å²) in [6, 6.07) is 10.8. The van der Waals surface area contributed by atoms with Gasteiger partial charge in [0, 0.05) is 20.3 Å². The highest BCUT2D eigenvalue weighted by molar-refractivity contribution is 5.14. The van der Waals surface area contributed by atoms with Crippen LogP contribution in [0.2, 0.25) is 0 Å². The Labute approximate surface area is 140 Å². The summed E-state index contributed by atoms with van der Waals surface area (Å²) in [6.45, 7) is 7.02. The van der Waals surface area contributed by atoms with Crippen molar-refractivity contribution in [2.45, 2.75) is 25.8 Å². The van der Waals surface area contributed by atoms with Crippen LogP contribution in [-0.2, 0) is 20.8 Å². The number of benzene rings is 1. The van der Waals surface area contributed by atoms with E-state index in [0.717, 1.165) is 19.1 Å². The van der Waals surface area contributed by atoms with Crippen LogP contribution in [0.25, 0.3) is 0 Å². The van der Waals surface area contributed by atoms with Gasteiger partial charge in [0.05, 0.1) is 26.4 Å². The average Bonchev–Trinajstić information content (AvgIpc) is 2.60. The lowest BCUT2D eigenvalue weighted by molar-refractivity contribution is 0.0196. The molecule has 0 aromatic heterocycles. The van der Waals surface area contributed by atoms with Gasteiger partial charge in [0.2, 0.25) is 0 Å². The number of hydrogen-bond donors (Lipinski definition) is 0. The molecule has 0 bridgehead atoms. The quantitative estimate of drug-likeness (QED) is 0.586. The van der Waals surface area contributed by atoms with E-state index in [0.29, 0.717) is 26.4 Å². The van der Waals surface area contributed by atoms with Gasteiger partial charge in [-0.1, -0.05) is 30.3 Å². The molecule has 0 atom stereocenters. The summed E-state index contributed by atoms with van der Waals surface area (Å²) in [5, 5.41) is 0. The smallest absolute Gasteiger partial charge is 0.0701 e. The summed E-state index contributed by atoms with van der Waals surface area (Å²) >= 11 is 0. The second kappa shape index (κ2) is 11.6. The summed E-state index contributed by atoms with van der Waals surface area (Å²) in [4.78, 5) is 2.57. The van der Waals surface area contributed by atoms with Crippen LogP contribution in [0.5, 0.6) is 0 Å². The molecule has 4 heteroatoms. The van der Waals surface area contributed by atoms with Gasteiger partial charge in [-0.2, -0.15) is 0 Å². The van der Waals surface area contributed by atoms with Gasteiger partial charge in [-0.15, -0.1) is 0 Å². The second-order valence-electron chi connectivity index (χ2n) is 6.21. The first-order valence-corrected chi connectivity index (χ1v) is 8.79. The van der Waals surface area contributed by atoms with Gasteiger partial charge in [0.25, 0.3) is 0 Å². The topological polar surface area (TPSA) is 30.9 Å². The second-order valence-corrected chi connectivity index (χ2v) is 6.21. The average molecular weight is 321 g/mol. The third-order valence-corrected chi connectivity index (χ3v) is 4.43. The molecule has 0 radical (unpaired) electrons. The maximum Gasteiger partial charge on any atom is 0.0701 e. The first-order valence-electron chi connectivity index (χ1n) is 8.79. The summed E-state index contributed by atoms with van der Waals surface area (Å²) < 4.78 is 16.0. The molecule has 0 amide bonds. The SMILES string of the molecule is COCCOCCOCCC1CCN(Cc2ccccc2)CC1. The number of piperidine rings is 1. The number of methoxy groups -OCH3 is 1. The van der Waals surface area contributed by atoms with Crippen molar-refractivity contribution >= 4 is 0 Å². The van der Waals surface area contributed by atoms with Crippen LogP contribution in [0, 0.1) is 5.92 Å². The minimum absolute atomic E-state index is 0.653. The van der Waals surface area contributed by atoms with Crippen LogP contribution < -0.4 is 0 Å². The molecule has 1 fully saturated rings. The van der Waals surface area contributed by atoms with Crippen molar-refractivity contribution < 1.29 is 14.2 Å². The van der Waals surface area contributed by atoms with Crippen LogP contribution in [0.15, 0.2) is 30.3 Å². The van der Waals surface area contributed by atoms with Crippen molar-refractivity contribution in [2.24, 2.45) is 5.92 Å². The molecule has 0 spiro atoms. The third-order valence-electron chi connectivity index (χ3n) is 4.43. The molecule has 23 heavy (non-hydrogen) atoms. The highest BCUT2D eigenvalue weighted by Gasteiger charge is 2.18. The fourth-order valence-electron chi connectivity index (χ4n) is 2.99. The molecular weight excluding hydrogens is 290 g/mol. The molecule has 130 valence electrons. The van der Waals surface area contributed by atoms with Gasteiger partial charge in [0.15, 0.2) is 0 Å². The molecule has 0 N–H and O–H groups in total. The van der Waals surface area contributed by atoms with Crippen molar-refractivity contribution in [3.63, 3.8) is 0 Å². The largest absolute Gasteiger partial charge is 0.382 e. The maximum atomic E-state index is 5.66. The van der Waals surface area contributed by atoms with Crippen molar-refractivity contribution in [1.29, 1.82) is 0 Å². The standard InChI is InChI=1S/C19H31NO3/c1-21-13-14-23-16-15-22-12-9-18-7-10-20(11-8-18)17-19-5-3-2-4-6-19/h2-6,18H,7-17H2,1H3. The maximum absolute atomic E-state index is 5.66. The third kappa shape index (κ3) is 7.93. The molecular formula is C19H31NO3. The fraction of sp³-hybridized carbons (Fsp3) is 0.684. The molecule has 1 saturated heterocycles. The van der Waals surface area contributed by atoms with Crippen molar-refractivity contribution in [3.05, 3.63) is 35.9 Å². The minimum Gasteiger partial charge on any atom is -0.382 e. The van der Waals surface area contributed by atoms with Gasteiger partial charge in [-0.3, -0.25) is 4.90 Å². The van der Waals surface area contributed by atoms with Gasteiger partial charge >= 0.3 is 0 Å². The van der Waals surface area contributed by atoms with Gasteiger partial charge < -0.3 is 14.2 Å². The minimum atomic E-state index is 0.653. The normalized spacial score (nSPS) is 16.7. The number of rotatable bonds is 11. The summed E-state index contributed by atoms with van der Waals surface area (Å²) in [7, 11) is 1.69. The Morgan fingerprint density at radius 2 is 1.57 bits per heavy atom. The number of hydrogen-bond acceptors (Lipinski definition) is 4. The lowest BCUT2D eigenvalue weighted by Gasteiger charge is -2.32. The van der Waals surface area contributed by atoms with Gasteiger partial charge in [-0.05, 0) is 43.8 Å². The van der Waals surface area contributed by atoms with Crippen molar-refractivity contribution in [2.75, 3.05) is 53.2 Å². The van der Waals surface area contributed by atoms with E-state index >= 15 is 0 Å². The molecule has 1 aliphatic rings. The lowest BCUT2D eigenvalue weighted by atomic mass is 9.93. The molecule has 4 nitrogen and oxygen atoms in total. The summed E-state index contributed by atoms with van der Waals surface area (Å²) in [6.07, 6.45) is 3.76. The number of nitrogens with zero attached hydrogens (tertiary/aromatic N) is 1. The van der Waals surface area contributed by atoms with E-state index < -0.39 is 0 Å². The molecule has 2 rings (SSSR count). The zero-order valence-corrected chi connectivity index (χ0v) is 14.4. The number of likely N-dealkylation sites (tertiary alicyclic amines) is 1. The Hall–Kier alpha value is -0.940. The molecule has 1 aromatic rings. The Bertz CT molecular complexity index is 391.